The predicted molar refractivity (Wildman–Crippen MR) is 115 cm³/mol. The van der Waals surface area contributed by atoms with Gasteiger partial charge in [-0.2, -0.15) is 9.97 Å². The first kappa shape index (κ1) is 19.6. The van der Waals surface area contributed by atoms with E-state index >= 15 is 0 Å². The summed E-state index contributed by atoms with van der Waals surface area (Å²) in [6.07, 6.45) is 4.64. The van der Waals surface area contributed by atoms with Gasteiger partial charge in [0.2, 0.25) is 0 Å². The smallest absolute Gasteiger partial charge is 0.320 e. The topological polar surface area (TPSA) is 82.1 Å². The minimum Gasteiger partial charge on any atom is -0.463 e. The van der Waals surface area contributed by atoms with Gasteiger partial charge in [-0.25, -0.2) is 4.98 Å². The second-order valence-corrected chi connectivity index (χ2v) is 7.81. The van der Waals surface area contributed by atoms with Gasteiger partial charge in [-0.3, -0.25) is 4.90 Å². The molecule has 2 N–H and O–H groups in total. The highest BCUT2D eigenvalue weighted by molar-refractivity contribution is 5.82. The highest BCUT2D eigenvalue weighted by Gasteiger charge is 2.16. The number of imidazole rings is 1. The number of benzene rings is 1. The van der Waals surface area contributed by atoms with Crippen molar-refractivity contribution in [3.05, 3.63) is 41.2 Å². The number of nitrogens with two attached hydrogens (primary N) is 1. The quantitative estimate of drug-likeness (QED) is 0.589. The summed E-state index contributed by atoms with van der Waals surface area (Å²) in [5.74, 6) is 1.24. The maximum Gasteiger partial charge on any atom is 0.320 e. The molecule has 1 aliphatic heterocycles. The lowest BCUT2D eigenvalue weighted by Crippen LogP contribution is -2.18. The number of aromatic nitrogens is 4. The summed E-state index contributed by atoms with van der Waals surface area (Å²) in [7, 11) is 0. The van der Waals surface area contributed by atoms with Gasteiger partial charge in [0.15, 0.2) is 17.0 Å². The normalized spacial score (nSPS) is 14.7. The second-order valence-electron chi connectivity index (χ2n) is 7.81. The summed E-state index contributed by atoms with van der Waals surface area (Å²) in [6.45, 7) is 8.81. The van der Waals surface area contributed by atoms with Crippen molar-refractivity contribution in [2.75, 3.05) is 25.4 Å². The van der Waals surface area contributed by atoms with Crippen LogP contribution in [0.3, 0.4) is 0 Å². The van der Waals surface area contributed by atoms with Gasteiger partial charge < -0.3 is 15.0 Å². The van der Waals surface area contributed by atoms with Crippen molar-refractivity contribution in [1.29, 1.82) is 0 Å². The number of aryl methyl sites for hydroxylation is 1. The van der Waals surface area contributed by atoms with Gasteiger partial charge >= 0.3 is 6.01 Å². The number of anilines is 1. The molecule has 1 saturated heterocycles. The van der Waals surface area contributed by atoms with Gasteiger partial charge in [-0.15, -0.1) is 0 Å². The number of fused-ring (bicyclic) bond motifs is 1. The van der Waals surface area contributed by atoms with Crippen molar-refractivity contribution in [2.45, 2.75) is 52.6 Å². The van der Waals surface area contributed by atoms with Crippen molar-refractivity contribution < 1.29 is 4.74 Å². The van der Waals surface area contributed by atoms with Gasteiger partial charge in [-0.1, -0.05) is 37.6 Å². The molecule has 29 heavy (non-hydrogen) atoms. The third kappa shape index (κ3) is 4.50. The minimum atomic E-state index is 0.326. The SMILES string of the molecule is CCCCOc1nc(N)c2nc(C)n(Cc3cccc(CN4CCCC4)c3)c2n1. The van der Waals surface area contributed by atoms with E-state index in [1.54, 1.807) is 0 Å². The van der Waals surface area contributed by atoms with E-state index < -0.39 is 0 Å². The van der Waals surface area contributed by atoms with Gasteiger partial charge in [-0.05, 0) is 50.4 Å². The fraction of sp³-hybridized carbons (Fsp3) is 0.500. The first-order valence-corrected chi connectivity index (χ1v) is 10.6. The highest BCUT2D eigenvalue weighted by atomic mass is 16.5. The third-order valence-electron chi connectivity index (χ3n) is 5.46. The average molecular weight is 395 g/mol. The van der Waals surface area contributed by atoms with Crippen LogP contribution in [0, 0.1) is 6.92 Å². The van der Waals surface area contributed by atoms with Gasteiger partial charge in [0.05, 0.1) is 13.2 Å². The summed E-state index contributed by atoms with van der Waals surface area (Å²) in [6, 6.07) is 9.11. The molecule has 4 rings (SSSR count). The highest BCUT2D eigenvalue weighted by Crippen LogP contribution is 2.23. The monoisotopic (exact) mass is 394 g/mol. The lowest BCUT2D eigenvalue weighted by Gasteiger charge is -2.15. The lowest BCUT2D eigenvalue weighted by molar-refractivity contribution is 0.286. The summed E-state index contributed by atoms with van der Waals surface area (Å²) in [5, 5.41) is 0. The number of rotatable bonds is 8. The molecule has 7 heteroatoms. The van der Waals surface area contributed by atoms with Gasteiger partial charge in [0.1, 0.15) is 5.82 Å². The van der Waals surface area contributed by atoms with Crippen LogP contribution in [0.25, 0.3) is 11.2 Å². The lowest BCUT2D eigenvalue weighted by atomic mass is 10.1. The molecule has 0 aliphatic carbocycles. The fourth-order valence-electron chi connectivity index (χ4n) is 3.88. The molecule has 0 saturated carbocycles. The average Bonchev–Trinajstić information content (AvgIpc) is 3.32. The molecule has 154 valence electrons. The molecule has 1 fully saturated rings. The molecule has 3 heterocycles. The molecule has 0 atom stereocenters. The number of hydrogen-bond acceptors (Lipinski definition) is 6. The van der Waals surface area contributed by atoms with Gasteiger partial charge in [0, 0.05) is 6.54 Å². The van der Waals surface area contributed by atoms with E-state index in [2.05, 4.69) is 55.6 Å². The van der Waals surface area contributed by atoms with Crippen LogP contribution in [-0.4, -0.2) is 44.1 Å². The Labute approximate surface area is 171 Å². The van der Waals surface area contributed by atoms with Crippen LogP contribution >= 0.6 is 0 Å². The maximum absolute atomic E-state index is 6.14. The molecule has 0 radical (unpaired) electrons. The standard InChI is InChI=1S/C22H30N6O/c1-3-4-12-29-22-25-20(23)19-21(26-22)28(16(2)24-19)15-18-9-7-8-17(13-18)14-27-10-5-6-11-27/h7-9,13H,3-6,10-12,14-15H2,1-2H3,(H2,23,25,26). The Balaban J connectivity index is 1.59. The molecular formula is C22H30N6O. The van der Waals surface area contributed by atoms with Crippen LogP contribution in [-0.2, 0) is 13.1 Å². The molecule has 0 bridgehead atoms. The predicted octanol–water partition coefficient (Wildman–Crippen LogP) is 3.54. The fourth-order valence-corrected chi connectivity index (χ4v) is 3.88. The third-order valence-corrected chi connectivity index (χ3v) is 5.46. The van der Waals surface area contributed by atoms with Crippen molar-refractivity contribution in [3.63, 3.8) is 0 Å². The minimum absolute atomic E-state index is 0.326. The van der Waals surface area contributed by atoms with Crippen molar-refractivity contribution >= 4 is 17.0 Å². The number of hydrogen-bond donors (Lipinski definition) is 1. The van der Waals surface area contributed by atoms with E-state index in [4.69, 9.17) is 10.5 Å². The Hall–Kier alpha value is -2.67. The molecule has 1 aliphatic rings. The summed E-state index contributed by atoms with van der Waals surface area (Å²) in [5.41, 5.74) is 10.1. The second kappa shape index (κ2) is 8.78. The van der Waals surface area contributed by atoms with Crippen LogP contribution < -0.4 is 10.5 Å². The van der Waals surface area contributed by atoms with Crippen LogP contribution in [0.5, 0.6) is 6.01 Å². The zero-order valence-corrected chi connectivity index (χ0v) is 17.4. The number of unbranched alkanes of at least 4 members (excludes halogenated alkanes) is 1. The zero-order chi connectivity index (χ0) is 20.2. The maximum atomic E-state index is 6.14. The number of ether oxygens (including phenoxy) is 1. The zero-order valence-electron chi connectivity index (χ0n) is 17.4. The molecule has 0 amide bonds. The molecule has 0 spiro atoms. The van der Waals surface area contributed by atoms with E-state index in [9.17, 15) is 0 Å². The molecule has 2 aromatic heterocycles. The van der Waals surface area contributed by atoms with E-state index in [1.165, 1.54) is 37.1 Å². The molecule has 3 aromatic rings. The molecular weight excluding hydrogens is 364 g/mol. The van der Waals surface area contributed by atoms with Crippen LogP contribution in [0.4, 0.5) is 5.82 Å². The molecule has 0 unspecified atom stereocenters. The van der Waals surface area contributed by atoms with E-state index in [0.29, 0.717) is 30.5 Å². The van der Waals surface area contributed by atoms with E-state index in [-0.39, 0.29) is 0 Å². The van der Waals surface area contributed by atoms with Crippen LogP contribution in [0.15, 0.2) is 24.3 Å². The number of nitrogen functional groups attached to an aromatic ring is 1. The Kier molecular flexibility index (Phi) is 5.94. The Morgan fingerprint density at radius 3 is 2.59 bits per heavy atom. The Morgan fingerprint density at radius 1 is 1.07 bits per heavy atom. The van der Waals surface area contributed by atoms with Crippen LogP contribution in [0.1, 0.15) is 49.6 Å². The van der Waals surface area contributed by atoms with E-state index in [0.717, 1.165) is 30.9 Å². The first-order chi connectivity index (χ1) is 14.1. The van der Waals surface area contributed by atoms with E-state index in [1.807, 2.05) is 6.92 Å². The Bertz CT molecular complexity index is 977. The number of likely N-dealkylation sites (tertiary alicyclic amines) is 1. The van der Waals surface area contributed by atoms with Crippen molar-refractivity contribution in [1.82, 2.24) is 24.4 Å². The van der Waals surface area contributed by atoms with Crippen LogP contribution in [0.2, 0.25) is 0 Å². The van der Waals surface area contributed by atoms with Crippen molar-refractivity contribution in [3.8, 4) is 6.01 Å². The summed E-state index contributed by atoms with van der Waals surface area (Å²) in [4.78, 5) is 16.0. The van der Waals surface area contributed by atoms with Crippen molar-refractivity contribution in [2.24, 2.45) is 0 Å². The summed E-state index contributed by atoms with van der Waals surface area (Å²) < 4.78 is 7.79. The molecule has 7 nitrogen and oxygen atoms in total. The molecule has 1 aromatic carbocycles. The largest absolute Gasteiger partial charge is 0.463 e. The first-order valence-electron chi connectivity index (χ1n) is 10.6. The number of nitrogens with zero attached hydrogens (tertiary/aromatic N) is 5. The van der Waals surface area contributed by atoms with Gasteiger partial charge in [0.25, 0.3) is 0 Å². The Morgan fingerprint density at radius 2 is 1.83 bits per heavy atom. The summed E-state index contributed by atoms with van der Waals surface area (Å²) >= 11 is 0.